The van der Waals surface area contributed by atoms with E-state index in [4.69, 9.17) is 15.6 Å². The number of primary amides is 1. The van der Waals surface area contributed by atoms with Gasteiger partial charge in [0, 0.05) is 11.6 Å². The number of halogens is 3. The van der Waals surface area contributed by atoms with Gasteiger partial charge in [-0.25, -0.2) is 4.79 Å². The van der Waals surface area contributed by atoms with Crippen LogP contribution in [0.1, 0.15) is 10.4 Å². The smallest absolute Gasteiger partial charge is 0.475 e. The van der Waals surface area contributed by atoms with E-state index in [1.807, 2.05) is 18.2 Å². The number of nitrogens with two attached hydrogens (primary N) is 1. The molecule has 19 heavy (non-hydrogen) atoms. The van der Waals surface area contributed by atoms with Gasteiger partial charge < -0.3 is 15.8 Å². The minimum absolute atomic E-state index is 0.400. The zero-order valence-electron chi connectivity index (χ0n) is 9.36. The van der Waals surface area contributed by atoms with Gasteiger partial charge in [-0.1, -0.05) is 12.1 Å². The average molecular weight is 274 g/mol. The molecule has 0 radical (unpaired) electrons. The number of fused-ring (bicyclic) bond motifs is 1. The first-order valence-electron chi connectivity index (χ1n) is 4.89. The summed E-state index contributed by atoms with van der Waals surface area (Å²) in [4.78, 5) is 22.8. The van der Waals surface area contributed by atoms with E-state index < -0.39 is 18.1 Å². The fourth-order valence-corrected chi connectivity index (χ4v) is 1.29. The number of alkyl halides is 3. The number of H-pyrrole nitrogens is 1. The van der Waals surface area contributed by atoms with Crippen molar-refractivity contribution in [2.24, 2.45) is 5.73 Å². The third kappa shape index (κ3) is 3.73. The van der Waals surface area contributed by atoms with Crippen molar-refractivity contribution in [2.75, 3.05) is 0 Å². The molecule has 2 rings (SSSR count). The van der Waals surface area contributed by atoms with Crippen molar-refractivity contribution in [1.82, 2.24) is 4.98 Å². The largest absolute Gasteiger partial charge is 0.490 e. The molecule has 1 aromatic carbocycles. The summed E-state index contributed by atoms with van der Waals surface area (Å²) >= 11 is 0. The summed E-state index contributed by atoms with van der Waals surface area (Å²) in [7, 11) is 0. The summed E-state index contributed by atoms with van der Waals surface area (Å²) in [5, 5.41) is 8.13. The highest BCUT2D eigenvalue weighted by molar-refractivity contribution is 6.04. The molecule has 0 bridgehead atoms. The van der Waals surface area contributed by atoms with Crippen LogP contribution in [-0.2, 0) is 4.79 Å². The number of hydrogen-bond acceptors (Lipinski definition) is 2. The molecule has 0 aliphatic carbocycles. The summed E-state index contributed by atoms with van der Waals surface area (Å²) in [5.74, 6) is -3.16. The molecule has 8 heteroatoms. The van der Waals surface area contributed by atoms with Gasteiger partial charge in [0.2, 0.25) is 0 Å². The molecule has 0 saturated carbocycles. The topological polar surface area (TPSA) is 96.2 Å². The van der Waals surface area contributed by atoms with E-state index in [2.05, 4.69) is 4.98 Å². The van der Waals surface area contributed by atoms with Gasteiger partial charge in [0.25, 0.3) is 5.91 Å². The van der Waals surface area contributed by atoms with E-state index >= 15 is 0 Å². The first-order valence-corrected chi connectivity index (χ1v) is 4.89. The molecule has 2 aromatic rings. The van der Waals surface area contributed by atoms with Crippen LogP contribution in [0.3, 0.4) is 0 Å². The van der Waals surface area contributed by atoms with E-state index in [0.29, 0.717) is 5.56 Å². The average Bonchev–Trinajstić information content (AvgIpc) is 2.75. The number of carboxylic acid groups (broad SMARTS) is 1. The van der Waals surface area contributed by atoms with Gasteiger partial charge in [-0.2, -0.15) is 13.2 Å². The molecular weight excluding hydrogens is 265 g/mol. The second kappa shape index (κ2) is 5.42. The maximum absolute atomic E-state index is 10.9. The maximum Gasteiger partial charge on any atom is 0.490 e. The zero-order valence-corrected chi connectivity index (χ0v) is 9.36. The van der Waals surface area contributed by atoms with Gasteiger partial charge >= 0.3 is 12.1 Å². The van der Waals surface area contributed by atoms with Crippen LogP contribution in [0.15, 0.2) is 30.5 Å². The SMILES string of the molecule is NC(=O)c1cccc2cc[nH]c12.O=C(O)C(F)(F)F. The van der Waals surface area contributed by atoms with E-state index in [9.17, 15) is 18.0 Å². The second-order valence-corrected chi connectivity index (χ2v) is 3.41. The Morgan fingerprint density at radius 1 is 1.21 bits per heavy atom. The number of carbonyl (C=O) groups is 2. The van der Waals surface area contributed by atoms with Crippen LogP contribution in [0, 0.1) is 0 Å². The number of amides is 1. The Hall–Kier alpha value is -2.51. The monoisotopic (exact) mass is 274 g/mol. The van der Waals surface area contributed by atoms with Crippen molar-refractivity contribution in [3.05, 3.63) is 36.0 Å². The van der Waals surface area contributed by atoms with Crippen LogP contribution < -0.4 is 5.73 Å². The highest BCUT2D eigenvalue weighted by Gasteiger charge is 2.38. The van der Waals surface area contributed by atoms with Crippen LogP contribution in [0.25, 0.3) is 10.9 Å². The first kappa shape index (κ1) is 14.6. The maximum atomic E-state index is 10.9. The Bertz CT molecular complexity index is 604. The van der Waals surface area contributed by atoms with Crippen molar-refractivity contribution in [2.45, 2.75) is 6.18 Å². The van der Waals surface area contributed by atoms with Gasteiger partial charge in [-0.15, -0.1) is 0 Å². The Morgan fingerprint density at radius 2 is 1.79 bits per heavy atom. The Labute approximate surface area is 104 Å². The molecular formula is C11H9F3N2O3. The second-order valence-electron chi connectivity index (χ2n) is 3.41. The van der Waals surface area contributed by atoms with Crippen molar-refractivity contribution in [3.63, 3.8) is 0 Å². The van der Waals surface area contributed by atoms with Gasteiger partial charge in [-0.05, 0) is 12.1 Å². The van der Waals surface area contributed by atoms with Crippen molar-refractivity contribution in [3.8, 4) is 0 Å². The fraction of sp³-hybridized carbons (Fsp3) is 0.0909. The molecule has 1 amide bonds. The van der Waals surface area contributed by atoms with E-state index in [-0.39, 0.29) is 0 Å². The number of carbonyl (C=O) groups excluding carboxylic acids is 1. The number of nitrogens with one attached hydrogen (secondary N) is 1. The van der Waals surface area contributed by atoms with E-state index in [1.54, 1.807) is 12.3 Å². The van der Waals surface area contributed by atoms with Crippen LogP contribution >= 0.6 is 0 Å². The summed E-state index contributed by atoms with van der Waals surface area (Å²) in [6.45, 7) is 0. The quantitative estimate of drug-likeness (QED) is 0.741. The predicted molar refractivity (Wildman–Crippen MR) is 60.5 cm³/mol. The third-order valence-electron chi connectivity index (χ3n) is 2.10. The Balaban J connectivity index is 0.000000224. The molecule has 0 atom stereocenters. The van der Waals surface area contributed by atoms with Crippen molar-refractivity contribution >= 4 is 22.8 Å². The first-order chi connectivity index (χ1) is 8.73. The zero-order chi connectivity index (χ0) is 14.6. The van der Waals surface area contributed by atoms with Crippen molar-refractivity contribution in [1.29, 1.82) is 0 Å². The van der Waals surface area contributed by atoms with Gasteiger partial charge in [0.15, 0.2) is 0 Å². The van der Waals surface area contributed by atoms with Gasteiger partial charge in [-0.3, -0.25) is 4.79 Å². The molecule has 1 aromatic heterocycles. The Morgan fingerprint density at radius 3 is 2.26 bits per heavy atom. The Kier molecular flexibility index (Phi) is 4.15. The predicted octanol–water partition coefficient (Wildman–Crippen LogP) is 1.90. The number of aromatic nitrogens is 1. The molecule has 0 saturated heterocycles. The lowest BCUT2D eigenvalue weighted by Crippen LogP contribution is -2.21. The molecule has 0 fully saturated rings. The van der Waals surface area contributed by atoms with Crippen LogP contribution in [0.2, 0.25) is 0 Å². The molecule has 102 valence electrons. The molecule has 0 aliphatic heterocycles. The lowest BCUT2D eigenvalue weighted by molar-refractivity contribution is -0.192. The van der Waals surface area contributed by atoms with Gasteiger partial charge in [0.1, 0.15) is 0 Å². The third-order valence-corrected chi connectivity index (χ3v) is 2.10. The van der Waals surface area contributed by atoms with Crippen LogP contribution in [0.4, 0.5) is 13.2 Å². The summed E-state index contributed by atoms with van der Waals surface area (Å²) in [6, 6.07) is 7.36. The summed E-state index contributed by atoms with van der Waals surface area (Å²) in [6.07, 6.45) is -3.29. The number of hydrogen-bond donors (Lipinski definition) is 3. The van der Waals surface area contributed by atoms with Crippen LogP contribution in [0.5, 0.6) is 0 Å². The molecule has 0 aliphatic rings. The molecule has 4 N–H and O–H groups in total. The highest BCUT2D eigenvalue weighted by atomic mass is 19.4. The number of carboxylic acids is 1. The van der Waals surface area contributed by atoms with E-state index in [0.717, 1.165) is 10.9 Å². The summed E-state index contributed by atoms with van der Waals surface area (Å²) in [5.41, 5.74) is 6.53. The molecule has 0 spiro atoms. The molecule has 5 nitrogen and oxygen atoms in total. The summed E-state index contributed by atoms with van der Waals surface area (Å²) < 4.78 is 31.7. The minimum atomic E-state index is -5.08. The number of aliphatic carboxylic acids is 1. The lowest BCUT2D eigenvalue weighted by Gasteiger charge is -1.96. The molecule has 1 heterocycles. The number of rotatable bonds is 1. The van der Waals surface area contributed by atoms with Crippen molar-refractivity contribution < 1.29 is 27.9 Å². The lowest BCUT2D eigenvalue weighted by atomic mass is 10.1. The molecule has 0 unspecified atom stereocenters. The van der Waals surface area contributed by atoms with E-state index in [1.165, 1.54) is 0 Å². The number of para-hydroxylation sites is 1. The highest BCUT2D eigenvalue weighted by Crippen LogP contribution is 2.15. The van der Waals surface area contributed by atoms with Crippen LogP contribution in [-0.4, -0.2) is 28.1 Å². The normalized spacial score (nSPS) is 10.7. The number of benzene rings is 1. The standard InChI is InChI=1S/C9H8N2O.C2HF3O2/c10-9(12)7-3-1-2-6-4-5-11-8(6)7;3-2(4,5)1(6)7/h1-5,11H,(H2,10,12);(H,6,7). The fourth-order valence-electron chi connectivity index (χ4n) is 1.29. The number of aromatic amines is 1. The minimum Gasteiger partial charge on any atom is -0.475 e. The van der Waals surface area contributed by atoms with Gasteiger partial charge in [0.05, 0.1) is 11.1 Å².